The third-order valence-electron chi connectivity index (χ3n) is 1.89. The standard InChI is InChI=1S/C8H14O3/c1-5(2)8-7(10)3-6(4-9)11-8/h5-6,8-9H,3-4H2,1-2H3/t6-,8+/m0/s1. The summed E-state index contributed by atoms with van der Waals surface area (Å²) < 4.78 is 5.28. The van der Waals surface area contributed by atoms with Crippen molar-refractivity contribution in [1.29, 1.82) is 0 Å². The van der Waals surface area contributed by atoms with Gasteiger partial charge in [-0.25, -0.2) is 0 Å². The van der Waals surface area contributed by atoms with E-state index in [1.807, 2.05) is 13.8 Å². The van der Waals surface area contributed by atoms with Crippen LogP contribution in [0.2, 0.25) is 0 Å². The first-order valence-electron chi connectivity index (χ1n) is 3.94. The van der Waals surface area contributed by atoms with Crippen LogP contribution < -0.4 is 0 Å². The molecule has 1 fully saturated rings. The van der Waals surface area contributed by atoms with E-state index in [-0.39, 0.29) is 30.5 Å². The van der Waals surface area contributed by atoms with Crippen LogP contribution in [0.3, 0.4) is 0 Å². The van der Waals surface area contributed by atoms with Crippen LogP contribution in [0.1, 0.15) is 20.3 Å². The number of aliphatic hydroxyl groups excluding tert-OH is 1. The molecule has 1 heterocycles. The lowest BCUT2D eigenvalue weighted by Gasteiger charge is -2.13. The summed E-state index contributed by atoms with van der Waals surface area (Å²) in [6.45, 7) is 3.85. The van der Waals surface area contributed by atoms with Crippen LogP contribution in [0.25, 0.3) is 0 Å². The summed E-state index contributed by atoms with van der Waals surface area (Å²) in [4.78, 5) is 11.1. The molecule has 0 radical (unpaired) electrons. The van der Waals surface area contributed by atoms with Gasteiger partial charge in [0.1, 0.15) is 6.10 Å². The lowest BCUT2D eigenvalue weighted by molar-refractivity contribution is -0.124. The van der Waals surface area contributed by atoms with Gasteiger partial charge in [0.2, 0.25) is 0 Å². The maximum Gasteiger partial charge on any atom is 0.164 e. The summed E-state index contributed by atoms with van der Waals surface area (Å²) in [5, 5.41) is 8.71. The number of carbonyl (C=O) groups excluding carboxylic acids is 1. The number of rotatable bonds is 2. The number of hydrogen-bond donors (Lipinski definition) is 1. The van der Waals surface area contributed by atoms with Gasteiger partial charge in [-0.1, -0.05) is 13.8 Å². The van der Waals surface area contributed by atoms with Crippen LogP contribution in [0, 0.1) is 5.92 Å². The molecule has 0 aromatic carbocycles. The van der Waals surface area contributed by atoms with Crippen molar-refractivity contribution in [3.8, 4) is 0 Å². The van der Waals surface area contributed by atoms with Crippen molar-refractivity contribution < 1.29 is 14.6 Å². The van der Waals surface area contributed by atoms with Crippen LogP contribution in [0.4, 0.5) is 0 Å². The highest BCUT2D eigenvalue weighted by Gasteiger charge is 2.34. The number of Topliss-reactive ketones (excluding diaryl/α,β-unsaturated/α-hetero) is 1. The van der Waals surface area contributed by atoms with E-state index in [0.717, 1.165) is 0 Å². The van der Waals surface area contributed by atoms with Crippen molar-refractivity contribution in [3.63, 3.8) is 0 Å². The average molecular weight is 158 g/mol. The Morgan fingerprint density at radius 1 is 1.73 bits per heavy atom. The van der Waals surface area contributed by atoms with Crippen LogP contribution in [0.5, 0.6) is 0 Å². The molecule has 0 aromatic rings. The van der Waals surface area contributed by atoms with Gasteiger partial charge < -0.3 is 9.84 Å². The molecule has 11 heavy (non-hydrogen) atoms. The normalized spacial score (nSPS) is 31.8. The van der Waals surface area contributed by atoms with Crippen LogP contribution in [-0.2, 0) is 9.53 Å². The van der Waals surface area contributed by atoms with Gasteiger partial charge in [0.25, 0.3) is 0 Å². The SMILES string of the molecule is CC(C)[C@H]1O[C@H](CO)CC1=O. The average Bonchev–Trinajstić information content (AvgIpc) is 2.30. The Kier molecular flexibility index (Phi) is 2.62. The third kappa shape index (κ3) is 1.79. The van der Waals surface area contributed by atoms with Gasteiger partial charge in [-0.3, -0.25) is 4.79 Å². The Hall–Kier alpha value is -0.410. The minimum atomic E-state index is -0.285. The highest BCUT2D eigenvalue weighted by atomic mass is 16.5. The van der Waals surface area contributed by atoms with E-state index >= 15 is 0 Å². The second kappa shape index (κ2) is 3.32. The summed E-state index contributed by atoms with van der Waals surface area (Å²) in [6, 6.07) is 0. The molecule has 0 saturated carbocycles. The number of hydrogen-bond acceptors (Lipinski definition) is 3. The fourth-order valence-electron chi connectivity index (χ4n) is 1.31. The van der Waals surface area contributed by atoms with Gasteiger partial charge in [-0.2, -0.15) is 0 Å². The zero-order valence-corrected chi connectivity index (χ0v) is 6.91. The van der Waals surface area contributed by atoms with Crippen LogP contribution in [-0.4, -0.2) is 29.7 Å². The molecule has 1 saturated heterocycles. The summed E-state index contributed by atoms with van der Waals surface area (Å²) in [6.07, 6.45) is -0.165. The first kappa shape index (κ1) is 8.68. The number of ether oxygens (including phenoxy) is 1. The van der Waals surface area contributed by atoms with Crippen molar-refractivity contribution in [2.24, 2.45) is 5.92 Å². The molecule has 3 heteroatoms. The van der Waals surface area contributed by atoms with Crippen molar-refractivity contribution in [3.05, 3.63) is 0 Å². The number of ketones is 1. The topological polar surface area (TPSA) is 46.5 Å². The second-order valence-corrected chi connectivity index (χ2v) is 3.28. The van der Waals surface area contributed by atoms with E-state index in [1.54, 1.807) is 0 Å². The van der Waals surface area contributed by atoms with Crippen LogP contribution in [0.15, 0.2) is 0 Å². The van der Waals surface area contributed by atoms with E-state index in [9.17, 15) is 4.79 Å². The fourth-order valence-corrected chi connectivity index (χ4v) is 1.31. The highest BCUT2D eigenvalue weighted by Crippen LogP contribution is 2.21. The van der Waals surface area contributed by atoms with Gasteiger partial charge >= 0.3 is 0 Å². The van der Waals surface area contributed by atoms with Gasteiger partial charge in [-0.15, -0.1) is 0 Å². The minimum Gasteiger partial charge on any atom is -0.394 e. The van der Waals surface area contributed by atoms with Crippen molar-refractivity contribution in [2.75, 3.05) is 6.61 Å². The Balaban J connectivity index is 2.52. The zero-order valence-electron chi connectivity index (χ0n) is 6.91. The van der Waals surface area contributed by atoms with E-state index in [4.69, 9.17) is 9.84 Å². The first-order valence-corrected chi connectivity index (χ1v) is 3.94. The molecule has 0 aromatic heterocycles. The smallest absolute Gasteiger partial charge is 0.164 e. The molecule has 0 unspecified atom stereocenters. The van der Waals surface area contributed by atoms with Gasteiger partial charge in [0.15, 0.2) is 5.78 Å². The summed E-state index contributed by atoms with van der Waals surface area (Å²) in [5.41, 5.74) is 0. The van der Waals surface area contributed by atoms with Gasteiger partial charge in [-0.05, 0) is 5.92 Å². The van der Waals surface area contributed by atoms with E-state index < -0.39 is 0 Å². The lowest BCUT2D eigenvalue weighted by atomic mass is 10.0. The van der Waals surface area contributed by atoms with Crippen molar-refractivity contribution in [1.82, 2.24) is 0 Å². The molecule has 0 spiro atoms. The maximum atomic E-state index is 11.1. The predicted octanol–water partition coefficient (Wildman–Crippen LogP) is 0.361. The maximum absolute atomic E-state index is 11.1. The van der Waals surface area contributed by atoms with Gasteiger partial charge in [0, 0.05) is 6.42 Å². The zero-order chi connectivity index (χ0) is 8.43. The first-order chi connectivity index (χ1) is 5.15. The highest BCUT2D eigenvalue weighted by molar-refractivity contribution is 5.85. The molecule has 1 aliphatic heterocycles. The second-order valence-electron chi connectivity index (χ2n) is 3.28. The largest absolute Gasteiger partial charge is 0.394 e. The fraction of sp³-hybridized carbons (Fsp3) is 0.875. The third-order valence-corrected chi connectivity index (χ3v) is 1.89. The minimum absolute atomic E-state index is 0.0467. The summed E-state index contributed by atoms with van der Waals surface area (Å²) in [7, 11) is 0. The van der Waals surface area contributed by atoms with Gasteiger partial charge in [0.05, 0.1) is 12.7 Å². The Morgan fingerprint density at radius 2 is 2.36 bits per heavy atom. The quantitative estimate of drug-likeness (QED) is 0.631. The molecule has 0 bridgehead atoms. The molecule has 3 nitrogen and oxygen atoms in total. The molecular weight excluding hydrogens is 144 g/mol. The lowest BCUT2D eigenvalue weighted by Crippen LogP contribution is -2.22. The number of aliphatic hydroxyl groups is 1. The molecule has 0 aliphatic carbocycles. The van der Waals surface area contributed by atoms with E-state index in [0.29, 0.717) is 6.42 Å². The molecule has 1 N–H and O–H groups in total. The van der Waals surface area contributed by atoms with E-state index in [1.165, 1.54) is 0 Å². The monoisotopic (exact) mass is 158 g/mol. The van der Waals surface area contributed by atoms with Crippen LogP contribution >= 0.6 is 0 Å². The van der Waals surface area contributed by atoms with Crippen molar-refractivity contribution in [2.45, 2.75) is 32.5 Å². The Labute approximate surface area is 66.4 Å². The number of carbonyl (C=O) groups is 1. The van der Waals surface area contributed by atoms with Crippen molar-refractivity contribution >= 4 is 5.78 Å². The molecule has 2 atom stereocenters. The molecular formula is C8H14O3. The summed E-state index contributed by atoms with van der Waals surface area (Å²) in [5.74, 6) is 0.345. The molecule has 0 amide bonds. The van der Waals surface area contributed by atoms with E-state index in [2.05, 4.69) is 0 Å². The predicted molar refractivity (Wildman–Crippen MR) is 40.2 cm³/mol. The summed E-state index contributed by atoms with van der Waals surface area (Å²) >= 11 is 0. The molecule has 1 aliphatic rings. The molecule has 64 valence electrons. The Bertz CT molecular complexity index is 153. The molecule has 1 rings (SSSR count). The Morgan fingerprint density at radius 3 is 2.64 bits per heavy atom.